The van der Waals surface area contributed by atoms with Gasteiger partial charge in [0.15, 0.2) is 5.88 Å². The fraction of sp³-hybridized carbons (Fsp3) is 0.400. The molecular weight excluding hydrogens is 275 g/mol. The Morgan fingerprint density at radius 3 is 2.86 bits per heavy atom. The topological polar surface area (TPSA) is 61.8 Å². The molecule has 0 aromatic heterocycles. The number of allylic oxidation sites excluding steroid dienone is 1. The van der Waals surface area contributed by atoms with E-state index in [0.717, 1.165) is 0 Å². The van der Waals surface area contributed by atoms with Crippen LogP contribution in [0.25, 0.3) is 0 Å². The number of amides is 1. The van der Waals surface area contributed by atoms with Crippen LogP contribution in [0.5, 0.6) is 5.75 Å². The van der Waals surface area contributed by atoms with Gasteiger partial charge in [-0.1, -0.05) is 6.07 Å². The lowest BCUT2D eigenvalue weighted by molar-refractivity contribution is 0.0764. The van der Waals surface area contributed by atoms with Gasteiger partial charge >= 0.3 is 0 Å². The van der Waals surface area contributed by atoms with Crippen LogP contribution >= 0.6 is 0 Å². The monoisotopic (exact) mass is 294 g/mol. The van der Waals surface area contributed by atoms with E-state index in [2.05, 4.69) is 5.32 Å². The van der Waals surface area contributed by atoms with Crippen LogP contribution in [0.2, 0.25) is 0 Å². The molecule has 1 fully saturated rings. The van der Waals surface area contributed by atoms with Gasteiger partial charge in [0, 0.05) is 19.2 Å². The van der Waals surface area contributed by atoms with E-state index < -0.39 is 12.3 Å². The summed E-state index contributed by atoms with van der Waals surface area (Å²) < 4.78 is 18.9. The summed E-state index contributed by atoms with van der Waals surface area (Å²) in [6.45, 7) is 1.76. The number of carbonyl (C=O) groups is 1. The van der Waals surface area contributed by atoms with E-state index in [4.69, 9.17) is 4.74 Å². The molecule has 1 saturated heterocycles. The number of aliphatic hydroxyl groups is 1. The molecule has 114 valence electrons. The van der Waals surface area contributed by atoms with Gasteiger partial charge in [-0.05, 0) is 31.2 Å². The van der Waals surface area contributed by atoms with Gasteiger partial charge in [-0.3, -0.25) is 4.79 Å². The third-order valence-corrected chi connectivity index (χ3v) is 3.32. The van der Waals surface area contributed by atoms with Crippen molar-refractivity contribution in [3.8, 4) is 5.75 Å². The summed E-state index contributed by atoms with van der Waals surface area (Å²) in [6.07, 6.45) is -0.724. The van der Waals surface area contributed by atoms with E-state index in [0.29, 0.717) is 17.2 Å². The van der Waals surface area contributed by atoms with Crippen LogP contribution in [0.4, 0.5) is 4.39 Å². The third-order valence-electron chi connectivity index (χ3n) is 3.32. The lowest BCUT2D eigenvalue weighted by Crippen LogP contribution is -2.29. The number of rotatable bonds is 4. The molecule has 0 unspecified atom stereocenters. The number of nitrogens with zero attached hydrogens (tertiary/aromatic N) is 1. The van der Waals surface area contributed by atoms with Crippen molar-refractivity contribution in [2.45, 2.75) is 19.2 Å². The molecule has 1 aromatic rings. The molecule has 5 nitrogen and oxygen atoms in total. The Kier molecular flexibility index (Phi) is 4.80. The fourth-order valence-corrected chi connectivity index (χ4v) is 2.17. The predicted molar refractivity (Wildman–Crippen MR) is 76.7 cm³/mol. The minimum Gasteiger partial charge on any atom is -0.442 e. The Morgan fingerprint density at radius 1 is 1.52 bits per heavy atom. The summed E-state index contributed by atoms with van der Waals surface area (Å²) in [4.78, 5) is 13.6. The van der Waals surface area contributed by atoms with Gasteiger partial charge in [0.25, 0.3) is 5.91 Å². The fourth-order valence-electron chi connectivity index (χ4n) is 2.17. The highest BCUT2D eigenvalue weighted by Gasteiger charge is 2.34. The summed E-state index contributed by atoms with van der Waals surface area (Å²) >= 11 is 0. The molecule has 2 rings (SSSR count). The number of benzene rings is 1. The minimum atomic E-state index is -1.38. The molecule has 0 bridgehead atoms. The second-order valence-electron chi connectivity index (χ2n) is 4.83. The zero-order valence-corrected chi connectivity index (χ0v) is 12.0. The SMILES string of the molecule is C/C=C(\NC)Oc1cccc(C(=O)N2C[C@@H](O)[C@H](F)C2)c1. The standard InChI is InChI=1S/C15H19FN2O3/c1-3-14(17-2)21-11-6-4-5-10(7-11)15(20)18-8-12(16)13(19)9-18/h3-7,12-13,17,19H,8-9H2,1-2H3/b14-3+/t12-,13-/m1/s1. The molecule has 0 aliphatic carbocycles. The van der Waals surface area contributed by atoms with Crippen LogP contribution in [-0.2, 0) is 0 Å². The van der Waals surface area contributed by atoms with Crippen molar-refractivity contribution in [3.05, 3.63) is 41.8 Å². The summed E-state index contributed by atoms with van der Waals surface area (Å²) in [6, 6.07) is 6.67. The summed E-state index contributed by atoms with van der Waals surface area (Å²) in [5.41, 5.74) is 0.403. The van der Waals surface area contributed by atoms with E-state index in [-0.39, 0.29) is 19.0 Å². The predicted octanol–water partition coefficient (Wildman–Crippen LogP) is 1.30. The van der Waals surface area contributed by atoms with Gasteiger partial charge in [-0.25, -0.2) is 4.39 Å². The molecule has 1 aliphatic heterocycles. The lowest BCUT2D eigenvalue weighted by atomic mass is 10.2. The second kappa shape index (κ2) is 6.58. The Labute approximate surface area is 123 Å². The molecule has 1 amide bonds. The van der Waals surface area contributed by atoms with E-state index in [9.17, 15) is 14.3 Å². The van der Waals surface area contributed by atoms with Crippen LogP contribution in [0.3, 0.4) is 0 Å². The van der Waals surface area contributed by atoms with Crippen LogP contribution in [0.15, 0.2) is 36.2 Å². The average molecular weight is 294 g/mol. The first-order valence-electron chi connectivity index (χ1n) is 6.78. The number of alkyl halides is 1. The molecule has 0 spiro atoms. The second-order valence-corrected chi connectivity index (χ2v) is 4.83. The zero-order valence-electron chi connectivity index (χ0n) is 12.0. The number of halogens is 1. The smallest absolute Gasteiger partial charge is 0.254 e. The molecule has 0 saturated carbocycles. The molecular formula is C15H19FN2O3. The molecule has 1 aliphatic rings. The van der Waals surface area contributed by atoms with E-state index in [1.165, 1.54) is 4.90 Å². The van der Waals surface area contributed by atoms with Crippen molar-refractivity contribution in [1.82, 2.24) is 10.2 Å². The average Bonchev–Trinajstić information content (AvgIpc) is 2.84. The molecule has 0 radical (unpaired) electrons. The van der Waals surface area contributed by atoms with Crippen molar-refractivity contribution in [3.63, 3.8) is 0 Å². The molecule has 6 heteroatoms. The number of carbonyl (C=O) groups excluding carboxylic acids is 1. The first kappa shape index (κ1) is 15.3. The third kappa shape index (κ3) is 3.52. The maximum atomic E-state index is 13.3. The Morgan fingerprint density at radius 2 is 2.29 bits per heavy atom. The molecule has 2 atom stereocenters. The quantitative estimate of drug-likeness (QED) is 0.822. The highest BCUT2D eigenvalue weighted by atomic mass is 19.1. The van der Waals surface area contributed by atoms with Gasteiger partial charge in [0.2, 0.25) is 0 Å². The van der Waals surface area contributed by atoms with Gasteiger partial charge in [-0.15, -0.1) is 0 Å². The number of hydrogen-bond donors (Lipinski definition) is 2. The van der Waals surface area contributed by atoms with Gasteiger partial charge < -0.3 is 20.1 Å². The van der Waals surface area contributed by atoms with Crippen molar-refractivity contribution in [2.75, 3.05) is 20.1 Å². The van der Waals surface area contributed by atoms with Crippen molar-refractivity contribution < 1.29 is 19.0 Å². The largest absolute Gasteiger partial charge is 0.442 e. The maximum absolute atomic E-state index is 13.3. The van der Waals surface area contributed by atoms with Crippen molar-refractivity contribution in [1.29, 1.82) is 0 Å². The van der Waals surface area contributed by atoms with Crippen LogP contribution < -0.4 is 10.1 Å². The number of ether oxygens (including phenoxy) is 1. The highest BCUT2D eigenvalue weighted by molar-refractivity contribution is 5.94. The molecule has 1 aromatic carbocycles. The maximum Gasteiger partial charge on any atom is 0.254 e. The normalized spacial score (nSPS) is 22.3. The van der Waals surface area contributed by atoms with E-state index in [1.54, 1.807) is 37.4 Å². The summed E-state index contributed by atoms with van der Waals surface area (Å²) in [5.74, 6) is 0.769. The minimum absolute atomic E-state index is 0.0156. The van der Waals surface area contributed by atoms with Gasteiger partial charge in [0.05, 0.1) is 6.54 Å². The number of β-amino-alcohol motifs (C(OH)–C–C–N with tert-alkyl or cyclic N) is 1. The van der Waals surface area contributed by atoms with Crippen LogP contribution in [0, 0.1) is 0 Å². The van der Waals surface area contributed by atoms with E-state index in [1.807, 2.05) is 6.92 Å². The first-order chi connectivity index (χ1) is 10.0. The van der Waals surface area contributed by atoms with E-state index >= 15 is 0 Å². The molecule has 21 heavy (non-hydrogen) atoms. The number of nitrogens with one attached hydrogen (secondary N) is 1. The molecule has 1 heterocycles. The number of aliphatic hydroxyl groups excluding tert-OH is 1. The summed E-state index contributed by atoms with van der Waals surface area (Å²) in [7, 11) is 1.73. The van der Waals surface area contributed by atoms with Crippen LogP contribution in [0.1, 0.15) is 17.3 Å². The van der Waals surface area contributed by atoms with Crippen LogP contribution in [-0.4, -0.2) is 48.3 Å². The number of hydrogen-bond acceptors (Lipinski definition) is 4. The Hall–Kier alpha value is -2.08. The van der Waals surface area contributed by atoms with Crippen molar-refractivity contribution in [2.24, 2.45) is 0 Å². The molecule has 2 N–H and O–H groups in total. The van der Waals surface area contributed by atoms with Gasteiger partial charge in [0.1, 0.15) is 18.0 Å². The Balaban J connectivity index is 2.12. The van der Waals surface area contributed by atoms with Crippen molar-refractivity contribution >= 4 is 5.91 Å². The zero-order chi connectivity index (χ0) is 15.4. The first-order valence-corrected chi connectivity index (χ1v) is 6.78. The van der Waals surface area contributed by atoms with Gasteiger partial charge in [-0.2, -0.15) is 0 Å². The Bertz CT molecular complexity index is 537. The number of likely N-dealkylation sites (tertiary alicyclic amines) is 1. The lowest BCUT2D eigenvalue weighted by Gasteiger charge is -2.16. The summed E-state index contributed by atoms with van der Waals surface area (Å²) in [5, 5.41) is 12.3. The highest BCUT2D eigenvalue weighted by Crippen LogP contribution is 2.20.